The molecule has 2 N–H and O–H groups in total. The average Bonchev–Trinajstić information content (AvgIpc) is 4.02. The van der Waals surface area contributed by atoms with Crippen molar-refractivity contribution in [2.24, 2.45) is 11.3 Å². The number of cyclic esters (lactones) is 1. The van der Waals surface area contributed by atoms with Gasteiger partial charge in [-0.1, -0.05) is 33.8 Å². The van der Waals surface area contributed by atoms with Gasteiger partial charge >= 0.3 is 12.0 Å². The predicted octanol–water partition coefficient (Wildman–Crippen LogP) is 6.92. The van der Waals surface area contributed by atoms with Gasteiger partial charge in [-0.05, 0) is 94.5 Å². The van der Waals surface area contributed by atoms with Gasteiger partial charge in [0.15, 0.2) is 0 Å². The van der Waals surface area contributed by atoms with E-state index in [1.807, 2.05) is 37.1 Å². The number of fused-ring (bicyclic) bond motifs is 6. The lowest BCUT2D eigenvalue weighted by molar-refractivity contribution is -0.155. The first-order valence-corrected chi connectivity index (χ1v) is 24.3. The Bertz CT molecular complexity index is 2410. The highest BCUT2D eigenvalue weighted by molar-refractivity contribution is 7.10. The maximum absolute atomic E-state index is 14.7. The van der Waals surface area contributed by atoms with Crippen LogP contribution in [0.15, 0.2) is 41.9 Å². The van der Waals surface area contributed by atoms with Gasteiger partial charge in [0, 0.05) is 98.0 Å². The molecule has 15 nitrogen and oxygen atoms in total. The number of hydrogen-bond acceptors (Lipinski definition) is 11. The number of urea groups is 1. The summed E-state index contributed by atoms with van der Waals surface area (Å²) in [6, 6.07) is 7.64. The fourth-order valence-corrected chi connectivity index (χ4v) is 11.4. The van der Waals surface area contributed by atoms with E-state index in [4.69, 9.17) is 24.2 Å². The van der Waals surface area contributed by atoms with Crippen molar-refractivity contribution in [2.75, 3.05) is 47.1 Å². The molecular formula is C49H66N8O7S. The summed E-state index contributed by atoms with van der Waals surface area (Å²) in [5.74, 6) is -1.50. The van der Waals surface area contributed by atoms with Gasteiger partial charge in [-0.3, -0.25) is 24.4 Å². The van der Waals surface area contributed by atoms with Crippen LogP contribution in [0, 0.1) is 11.3 Å². The van der Waals surface area contributed by atoms with E-state index in [0.29, 0.717) is 57.1 Å². The van der Waals surface area contributed by atoms with Crippen LogP contribution in [-0.4, -0.2) is 124 Å². The second kappa shape index (κ2) is 19.1. The number of esters is 1. The van der Waals surface area contributed by atoms with E-state index in [1.54, 1.807) is 25.3 Å². The van der Waals surface area contributed by atoms with E-state index in [9.17, 15) is 19.2 Å². The van der Waals surface area contributed by atoms with Gasteiger partial charge in [0.1, 0.15) is 18.1 Å². The summed E-state index contributed by atoms with van der Waals surface area (Å²) >= 11 is 1.43. The quantitative estimate of drug-likeness (QED) is 0.178. The number of likely N-dealkylation sites (N-methyl/N-ethyl adjacent to an activating group) is 1. The van der Waals surface area contributed by atoms with Gasteiger partial charge in [0.05, 0.1) is 34.8 Å². The molecule has 4 atom stereocenters. The smallest absolute Gasteiger partial charge is 0.324 e. The molecule has 6 bridgehead atoms. The Labute approximate surface area is 386 Å². The fourth-order valence-electron chi connectivity index (χ4n) is 10.6. The lowest BCUT2D eigenvalue weighted by atomic mass is 9.84. The van der Waals surface area contributed by atoms with Crippen molar-refractivity contribution in [3.05, 3.63) is 58.2 Å². The van der Waals surface area contributed by atoms with E-state index < -0.39 is 35.4 Å². The lowest BCUT2D eigenvalue weighted by Gasteiger charge is -2.44. The molecule has 65 heavy (non-hydrogen) atoms. The van der Waals surface area contributed by atoms with Crippen LogP contribution in [0.3, 0.4) is 0 Å². The van der Waals surface area contributed by atoms with Crippen LogP contribution >= 0.6 is 11.3 Å². The SMILES string of the molecule is CCn1c(-c2cccnc2[C@H](C)OC)c2c3cc(ccc31)-c1csc(n1)C[C@H](NC(=O)[C@H](C(C)C)N(C)C(=O)N1CCCC13CCOCC3)C(=O)N1CCC[C@H](N1)C(=O)OCC(C)(C)C2. The standard InChI is InChI=1S/C49H66N8O7S/c1-9-55-39-16-15-32-25-34(39)35(43(55)33-13-10-20-50-41(33)31(4)62-8)27-48(5,6)29-64-46(60)36-14-11-22-57(53-36)45(59)37(26-40-51-38(32)28-65-40)52-44(58)42(30(2)3)54(7)47(61)56-21-12-17-49(56)18-23-63-24-19-49/h10,13,15-16,20,25,28,30-31,36-37,42,53H,9,11-12,14,17-19,21-24,26-27,29H2,1-8H3,(H,52,58)/t31-,36-,37-,42-/m0/s1. The van der Waals surface area contributed by atoms with Gasteiger partial charge in [-0.2, -0.15) is 0 Å². The van der Waals surface area contributed by atoms with Crippen molar-refractivity contribution < 1.29 is 33.4 Å². The third-order valence-corrected chi connectivity index (χ3v) is 14.9. The van der Waals surface area contributed by atoms with Crippen molar-refractivity contribution >= 4 is 46.1 Å². The van der Waals surface area contributed by atoms with Crippen molar-refractivity contribution in [3.8, 4) is 22.5 Å². The van der Waals surface area contributed by atoms with Gasteiger partial charge in [0.25, 0.3) is 5.91 Å². The number of hydrogen-bond donors (Lipinski definition) is 2. The molecule has 7 heterocycles. The first-order chi connectivity index (χ1) is 31.1. The number of hydrazine groups is 1. The van der Waals surface area contributed by atoms with Gasteiger partial charge in [0.2, 0.25) is 5.91 Å². The molecule has 4 aliphatic rings. The molecular weight excluding hydrogens is 845 g/mol. The summed E-state index contributed by atoms with van der Waals surface area (Å²) in [6.45, 7) is 15.2. The van der Waals surface area contributed by atoms with Crippen LogP contribution < -0.4 is 10.7 Å². The van der Waals surface area contributed by atoms with Gasteiger partial charge in [-0.15, -0.1) is 11.3 Å². The number of rotatable bonds is 8. The molecule has 0 unspecified atom stereocenters. The van der Waals surface area contributed by atoms with Crippen LogP contribution in [-0.2, 0) is 48.0 Å². The number of carbonyl (C=O) groups is 4. The van der Waals surface area contributed by atoms with E-state index in [-0.39, 0.29) is 42.5 Å². The average molecular weight is 911 g/mol. The molecule has 3 aromatic heterocycles. The Kier molecular flexibility index (Phi) is 13.7. The highest BCUT2D eigenvalue weighted by Crippen LogP contribution is 2.42. The lowest BCUT2D eigenvalue weighted by Crippen LogP contribution is -2.63. The van der Waals surface area contributed by atoms with Crippen molar-refractivity contribution in [1.82, 2.24) is 40.1 Å². The largest absolute Gasteiger partial charge is 0.464 e. The van der Waals surface area contributed by atoms with E-state index in [0.717, 1.165) is 70.4 Å². The molecule has 4 amide bonds. The molecule has 16 heteroatoms. The summed E-state index contributed by atoms with van der Waals surface area (Å²) in [5.41, 5.74) is 9.15. The maximum atomic E-state index is 14.7. The second-order valence-corrected chi connectivity index (χ2v) is 20.4. The number of nitrogens with zero attached hydrogens (tertiary/aromatic N) is 6. The normalized spacial score (nSPS) is 22.2. The zero-order valence-corrected chi connectivity index (χ0v) is 40.1. The Morgan fingerprint density at radius 1 is 1.09 bits per heavy atom. The first kappa shape index (κ1) is 46.6. The molecule has 4 aromatic rings. The Morgan fingerprint density at radius 2 is 1.88 bits per heavy atom. The number of pyridine rings is 1. The predicted molar refractivity (Wildman–Crippen MR) is 250 cm³/mol. The Morgan fingerprint density at radius 3 is 2.62 bits per heavy atom. The number of nitrogens with one attached hydrogen (secondary N) is 2. The van der Waals surface area contributed by atoms with Crippen molar-refractivity contribution in [3.63, 3.8) is 0 Å². The van der Waals surface area contributed by atoms with Crippen LogP contribution in [0.5, 0.6) is 0 Å². The topological polar surface area (TPSA) is 160 Å². The summed E-state index contributed by atoms with van der Waals surface area (Å²) in [6.07, 6.45) is 6.67. The minimum absolute atomic E-state index is 0.111. The molecule has 8 rings (SSSR count). The van der Waals surface area contributed by atoms with Gasteiger partial charge < -0.3 is 33.9 Å². The number of amides is 4. The number of methoxy groups -OCH3 is 1. The van der Waals surface area contributed by atoms with Crippen molar-refractivity contribution in [2.45, 2.75) is 129 Å². The highest BCUT2D eigenvalue weighted by Gasteiger charge is 2.47. The summed E-state index contributed by atoms with van der Waals surface area (Å²) in [7, 11) is 3.38. The molecule has 350 valence electrons. The minimum Gasteiger partial charge on any atom is -0.464 e. The highest BCUT2D eigenvalue weighted by atomic mass is 32.1. The molecule has 3 saturated heterocycles. The summed E-state index contributed by atoms with van der Waals surface area (Å²) < 4.78 is 19.9. The number of aromatic nitrogens is 3. The Hall–Kier alpha value is -4.90. The molecule has 0 saturated carbocycles. The van der Waals surface area contributed by atoms with Crippen LogP contribution in [0.1, 0.15) is 102 Å². The molecule has 0 aliphatic carbocycles. The maximum Gasteiger partial charge on any atom is 0.324 e. The summed E-state index contributed by atoms with van der Waals surface area (Å²) in [4.78, 5) is 70.9. The van der Waals surface area contributed by atoms with E-state index >= 15 is 0 Å². The van der Waals surface area contributed by atoms with E-state index in [1.165, 1.54) is 16.3 Å². The van der Waals surface area contributed by atoms with Crippen molar-refractivity contribution in [1.29, 1.82) is 0 Å². The Balaban J connectivity index is 1.16. The molecule has 1 spiro atoms. The number of thiazole rings is 1. The number of ether oxygens (including phenoxy) is 3. The molecule has 1 aromatic carbocycles. The van der Waals surface area contributed by atoms with Crippen LogP contribution in [0.25, 0.3) is 33.4 Å². The fraction of sp³-hybridized carbons (Fsp3) is 0.592. The van der Waals surface area contributed by atoms with Crippen LogP contribution in [0.4, 0.5) is 4.79 Å². The minimum atomic E-state index is -1.04. The summed E-state index contributed by atoms with van der Waals surface area (Å²) in [5, 5.41) is 8.27. The number of aryl methyl sites for hydroxylation is 1. The zero-order valence-electron chi connectivity index (χ0n) is 39.3. The molecule has 0 radical (unpaired) electrons. The number of likely N-dealkylation sites (tertiary alicyclic amines) is 1. The third kappa shape index (κ3) is 9.28. The monoisotopic (exact) mass is 910 g/mol. The molecule has 4 aliphatic heterocycles. The second-order valence-electron chi connectivity index (χ2n) is 19.4. The molecule has 3 fully saturated rings. The number of carbonyl (C=O) groups excluding carboxylic acids is 4. The van der Waals surface area contributed by atoms with Crippen LogP contribution in [0.2, 0.25) is 0 Å². The van der Waals surface area contributed by atoms with Gasteiger partial charge in [-0.25, -0.2) is 15.2 Å². The van der Waals surface area contributed by atoms with E-state index in [2.05, 4.69) is 60.3 Å². The third-order valence-electron chi connectivity index (χ3n) is 14.0. The number of benzene rings is 1. The first-order valence-electron chi connectivity index (χ1n) is 23.4. The zero-order chi connectivity index (χ0) is 46.2.